The molecule has 0 saturated carbocycles. The minimum Gasteiger partial charge on any atom is -0.481 e. The number of carboxylic acids is 1. The number of hydrogen-bond donors (Lipinski definition) is 3. The summed E-state index contributed by atoms with van der Waals surface area (Å²) in [6.45, 7) is 0.244. The molecular formula is C13H15FO5P+. The van der Waals surface area contributed by atoms with Gasteiger partial charge in [0.25, 0.3) is 5.91 Å². The third kappa shape index (κ3) is 2.82. The summed E-state index contributed by atoms with van der Waals surface area (Å²) >= 11 is 0. The minimum absolute atomic E-state index is 0.179. The maximum Gasteiger partial charge on any atom is 0.373 e. The number of alkyl halides is 1. The van der Waals surface area contributed by atoms with Gasteiger partial charge in [-0.25, -0.2) is 9.79 Å². The van der Waals surface area contributed by atoms with E-state index in [2.05, 4.69) is 0 Å². The van der Waals surface area contributed by atoms with Crippen LogP contribution in [0.4, 0.5) is 4.39 Å². The second-order valence-corrected chi connectivity index (χ2v) is 6.66. The van der Waals surface area contributed by atoms with E-state index in [4.69, 9.17) is 4.74 Å². The number of benzene rings is 1. The summed E-state index contributed by atoms with van der Waals surface area (Å²) in [6, 6.07) is 7.68. The van der Waals surface area contributed by atoms with Crippen LogP contribution in [-0.2, 0) is 9.53 Å². The predicted octanol–water partition coefficient (Wildman–Crippen LogP) is 2.24. The largest absolute Gasteiger partial charge is 0.481 e. The van der Waals surface area contributed by atoms with E-state index in [9.17, 15) is 24.1 Å². The molecule has 0 bridgehead atoms. The lowest BCUT2D eigenvalue weighted by Crippen LogP contribution is -2.26. The summed E-state index contributed by atoms with van der Waals surface area (Å²) in [4.78, 5) is 31.3. The SMILES string of the molecule is O=C(O)C(c1ccccc1)C(F)[P+](O)(O)C1=CCCO1. The Morgan fingerprint density at radius 1 is 1.30 bits per heavy atom. The quantitative estimate of drug-likeness (QED) is 0.726. The van der Waals surface area contributed by atoms with Crippen molar-refractivity contribution in [3.05, 3.63) is 47.5 Å². The molecule has 0 aliphatic carbocycles. The molecule has 0 saturated heterocycles. The molecule has 0 fully saturated rings. The van der Waals surface area contributed by atoms with Gasteiger partial charge in [-0.2, -0.15) is 4.39 Å². The van der Waals surface area contributed by atoms with Crippen molar-refractivity contribution < 1.29 is 28.8 Å². The maximum atomic E-state index is 14.5. The van der Waals surface area contributed by atoms with E-state index in [1.54, 1.807) is 18.2 Å². The van der Waals surface area contributed by atoms with E-state index < -0.39 is 25.5 Å². The highest BCUT2D eigenvalue weighted by Gasteiger charge is 2.58. The maximum absolute atomic E-state index is 14.5. The molecule has 3 N–H and O–H groups in total. The highest BCUT2D eigenvalue weighted by molar-refractivity contribution is 7.69. The van der Waals surface area contributed by atoms with Crippen molar-refractivity contribution >= 4 is 13.7 Å². The van der Waals surface area contributed by atoms with Crippen molar-refractivity contribution in [1.29, 1.82) is 0 Å². The molecule has 7 heteroatoms. The first-order chi connectivity index (χ1) is 9.44. The van der Waals surface area contributed by atoms with Crippen LogP contribution >= 0.6 is 7.72 Å². The Bertz CT molecular complexity index is 517. The van der Waals surface area contributed by atoms with Gasteiger partial charge in [-0.3, -0.25) is 4.79 Å². The monoisotopic (exact) mass is 301 g/mol. The predicted molar refractivity (Wildman–Crippen MR) is 71.7 cm³/mol. The number of ether oxygens (including phenoxy) is 1. The molecule has 2 atom stereocenters. The van der Waals surface area contributed by atoms with Gasteiger partial charge >= 0.3 is 19.2 Å². The standard InChI is InChI=1S/C13H14FO5P/c14-12(20(17,18)10-7-4-8-19-10)11(13(15)16)9-5-2-1-3-6-9/h1-3,5-7,11-12,17-18H,4,8H2/p+1. The van der Waals surface area contributed by atoms with Gasteiger partial charge in [-0.05, 0) is 5.56 Å². The Kier molecular flexibility index (Phi) is 4.38. The van der Waals surface area contributed by atoms with Crippen LogP contribution in [0, 0.1) is 0 Å². The van der Waals surface area contributed by atoms with Crippen molar-refractivity contribution in [2.45, 2.75) is 18.3 Å². The Balaban J connectivity index is 2.32. The van der Waals surface area contributed by atoms with Gasteiger partial charge in [-0.1, -0.05) is 30.3 Å². The summed E-state index contributed by atoms with van der Waals surface area (Å²) in [5, 5.41) is 9.20. The van der Waals surface area contributed by atoms with Crippen LogP contribution < -0.4 is 0 Å². The number of halogens is 1. The molecular weight excluding hydrogens is 286 g/mol. The average molecular weight is 301 g/mol. The van der Waals surface area contributed by atoms with Crippen molar-refractivity contribution in [1.82, 2.24) is 0 Å². The molecule has 0 aromatic heterocycles. The molecule has 1 aromatic carbocycles. The van der Waals surface area contributed by atoms with Crippen LogP contribution in [-0.4, -0.2) is 33.4 Å². The summed E-state index contributed by atoms with van der Waals surface area (Å²) in [7, 11) is -4.27. The fraction of sp³-hybridized carbons (Fsp3) is 0.308. The number of rotatable bonds is 5. The van der Waals surface area contributed by atoms with Crippen molar-refractivity contribution in [3.63, 3.8) is 0 Å². The zero-order valence-corrected chi connectivity index (χ0v) is 11.4. The average Bonchev–Trinajstić information content (AvgIpc) is 2.94. The highest BCUT2D eigenvalue weighted by Crippen LogP contribution is 2.67. The fourth-order valence-electron chi connectivity index (χ4n) is 2.04. The molecule has 0 spiro atoms. The summed E-state index contributed by atoms with van der Waals surface area (Å²) in [6.07, 6.45) is 1.85. The van der Waals surface area contributed by atoms with Gasteiger partial charge in [0.2, 0.25) is 0 Å². The Labute approximate surface area is 115 Å². The summed E-state index contributed by atoms with van der Waals surface area (Å²) < 4.78 is 19.5. The number of carbonyl (C=O) groups is 1. The fourth-order valence-corrected chi connectivity index (χ4v) is 3.68. The third-order valence-electron chi connectivity index (χ3n) is 3.05. The summed E-state index contributed by atoms with van der Waals surface area (Å²) in [5.74, 6) is -5.44. The Hall–Kier alpha value is -1.49. The van der Waals surface area contributed by atoms with E-state index in [-0.39, 0.29) is 17.7 Å². The first-order valence-electron chi connectivity index (χ1n) is 6.04. The number of hydrogen-bond acceptors (Lipinski definition) is 4. The molecule has 20 heavy (non-hydrogen) atoms. The van der Waals surface area contributed by atoms with Gasteiger partial charge in [0, 0.05) is 12.5 Å². The van der Waals surface area contributed by atoms with Crippen molar-refractivity contribution in [3.8, 4) is 0 Å². The highest BCUT2D eigenvalue weighted by atomic mass is 31.2. The lowest BCUT2D eigenvalue weighted by Gasteiger charge is -2.21. The molecule has 2 unspecified atom stereocenters. The molecule has 108 valence electrons. The molecule has 2 rings (SSSR count). The van der Waals surface area contributed by atoms with Crippen LogP contribution in [0.1, 0.15) is 17.9 Å². The van der Waals surface area contributed by atoms with Crippen LogP contribution in [0.5, 0.6) is 0 Å². The van der Waals surface area contributed by atoms with Crippen LogP contribution in [0.25, 0.3) is 0 Å². The normalized spacial score (nSPS) is 18.1. The minimum atomic E-state index is -4.27. The van der Waals surface area contributed by atoms with Crippen molar-refractivity contribution in [2.75, 3.05) is 6.61 Å². The van der Waals surface area contributed by atoms with E-state index in [0.717, 1.165) is 0 Å². The molecule has 1 aliphatic rings. The van der Waals surface area contributed by atoms with Gasteiger partial charge in [0.1, 0.15) is 0 Å². The topological polar surface area (TPSA) is 87.0 Å². The zero-order chi connectivity index (χ0) is 14.8. The lowest BCUT2D eigenvalue weighted by molar-refractivity contribution is -0.139. The smallest absolute Gasteiger partial charge is 0.373 e. The molecule has 0 radical (unpaired) electrons. The number of carboxylic acid groups (broad SMARTS) is 1. The zero-order valence-electron chi connectivity index (χ0n) is 10.5. The van der Waals surface area contributed by atoms with Gasteiger partial charge in [-0.15, -0.1) is 0 Å². The van der Waals surface area contributed by atoms with Gasteiger partial charge < -0.3 is 9.84 Å². The van der Waals surface area contributed by atoms with Crippen LogP contribution in [0.2, 0.25) is 0 Å². The van der Waals surface area contributed by atoms with Gasteiger partial charge in [0.05, 0.1) is 6.61 Å². The Morgan fingerprint density at radius 3 is 2.45 bits per heavy atom. The van der Waals surface area contributed by atoms with Crippen LogP contribution in [0.15, 0.2) is 41.9 Å². The van der Waals surface area contributed by atoms with E-state index in [0.29, 0.717) is 6.42 Å². The second-order valence-electron chi connectivity index (χ2n) is 4.43. The van der Waals surface area contributed by atoms with E-state index >= 15 is 0 Å². The second kappa shape index (κ2) is 5.87. The molecule has 5 nitrogen and oxygen atoms in total. The molecule has 0 amide bonds. The van der Waals surface area contributed by atoms with Gasteiger partial charge in [0.15, 0.2) is 5.92 Å². The molecule has 1 heterocycles. The lowest BCUT2D eigenvalue weighted by atomic mass is 10.0. The van der Waals surface area contributed by atoms with Crippen molar-refractivity contribution in [2.24, 2.45) is 0 Å². The summed E-state index contributed by atoms with van der Waals surface area (Å²) in [5.41, 5.74) is -0.0502. The van der Waals surface area contributed by atoms with E-state index in [1.807, 2.05) is 0 Å². The molecule has 1 aliphatic heterocycles. The van der Waals surface area contributed by atoms with E-state index in [1.165, 1.54) is 18.2 Å². The number of aliphatic carboxylic acids is 1. The van der Waals surface area contributed by atoms with Crippen LogP contribution in [0.3, 0.4) is 0 Å². The first-order valence-corrected chi connectivity index (χ1v) is 7.80. The first kappa shape index (κ1) is 14.9. The third-order valence-corrected chi connectivity index (χ3v) is 5.00. The Morgan fingerprint density at radius 2 is 1.95 bits per heavy atom. The molecule has 1 aromatic rings.